The fraction of sp³-hybridized carbons (Fsp3) is 0.650. The Hall–Kier alpha value is -1.75. The maximum Gasteiger partial charge on any atom is 0.275 e. The van der Waals surface area contributed by atoms with Crippen LogP contribution < -0.4 is 5.32 Å². The van der Waals surface area contributed by atoms with Gasteiger partial charge in [-0.3, -0.25) is 14.9 Å². The summed E-state index contributed by atoms with van der Waals surface area (Å²) < 4.78 is 32.6. The first-order valence-electron chi connectivity index (χ1n) is 10.3. The Balaban J connectivity index is 1.90. The zero-order valence-electron chi connectivity index (χ0n) is 18.1. The highest BCUT2D eigenvalue weighted by atomic mass is 35.5. The van der Waals surface area contributed by atoms with Crippen LogP contribution in [-0.2, 0) is 19.6 Å². The molecule has 0 aromatic heterocycles. The lowest BCUT2D eigenvalue weighted by Gasteiger charge is -2.30. The van der Waals surface area contributed by atoms with E-state index in [0.717, 1.165) is 12.5 Å². The molecule has 0 saturated carbocycles. The molecule has 11 heteroatoms. The van der Waals surface area contributed by atoms with Crippen LogP contribution in [0.1, 0.15) is 38.7 Å². The third kappa shape index (κ3) is 6.86. The first-order valence-corrected chi connectivity index (χ1v) is 12.2. The number of nitrogens with one attached hydrogen (secondary N) is 1. The summed E-state index contributed by atoms with van der Waals surface area (Å²) in [6.07, 6.45) is 1.49. The van der Waals surface area contributed by atoms with Gasteiger partial charge in [0.1, 0.15) is 0 Å². The molecule has 0 aliphatic carbocycles. The SMILES string of the molecule is Cc1c(Cl)cc(S(=O)(=O)N2CCC(C(=O)NCCCOCC(C)C)CC2)cc1[N+](=O)[O-]. The van der Waals surface area contributed by atoms with Gasteiger partial charge in [0, 0.05) is 50.4 Å². The van der Waals surface area contributed by atoms with Crippen molar-refractivity contribution in [2.45, 2.75) is 44.9 Å². The van der Waals surface area contributed by atoms with Gasteiger partial charge in [0.2, 0.25) is 15.9 Å². The lowest BCUT2D eigenvalue weighted by Crippen LogP contribution is -2.43. The Bertz CT molecular complexity index is 898. The van der Waals surface area contributed by atoms with Crippen molar-refractivity contribution in [1.82, 2.24) is 9.62 Å². The van der Waals surface area contributed by atoms with Gasteiger partial charge in [0.15, 0.2) is 0 Å². The van der Waals surface area contributed by atoms with Crippen LogP contribution in [0, 0.1) is 28.9 Å². The van der Waals surface area contributed by atoms with Gasteiger partial charge < -0.3 is 10.1 Å². The fourth-order valence-electron chi connectivity index (χ4n) is 3.34. The molecular weight excluding hydrogens is 446 g/mol. The number of halogens is 1. The van der Waals surface area contributed by atoms with Crippen LogP contribution in [0.5, 0.6) is 0 Å². The molecule has 1 N–H and O–H groups in total. The van der Waals surface area contributed by atoms with Crippen LogP contribution in [0.3, 0.4) is 0 Å². The average molecular weight is 476 g/mol. The number of hydrogen-bond donors (Lipinski definition) is 1. The van der Waals surface area contributed by atoms with E-state index in [4.69, 9.17) is 16.3 Å². The van der Waals surface area contributed by atoms with E-state index in [1.54, 1.807) is 0 Å². The van der Waals surface area contributed by atoms with Crippen LogP contribution in [-0.4, -0.2) is 56.4 Å². The standard InChI is InChI=1S/C20H30ClN3O6S/c1-14(2)13-30-10-4-7-22-20(25)16-5-8-23(9-6-16)31(28,29)17-11-18(21)15(3)19(12-17)24(26)27/h11-12,14,16H,4-10,13H2,1-3H3,(H,22,25). The van der Waals surface area contributed by atoms with E-state index in [1.807, 2.05) is 0 Å². The molecule has 1 amide bonds. The van der Waals surface area contributed by atoms with Crippen molar-refractivity contribution < 1.29 is 22.9 Å². The molecule has 174 valence electrons. The zero-order valence-corrected chi connectivity index (χ0v) is 19.7. The predicted molar refractivity (Wildman–Crippen MR) is 118 cm³/mol. The zero-order chi connectivity index (χ0) is 23.2. The molecule has 9 nitrogen and oxygen atoms in total. The summed E-state index contributed by atoms with van der Waals surface area (Å²) in [6, 6.07) is 2.27. The highest BCUT2D eigenvalue weighted by Gasteiger charge is 2.33. The van der Waals surface area contributed by atoms with Gasteiger partial charge >= 0.3 is 0 Å². The van der Waals surface area contributed by atoms with Crippen LogP contribution in [0.2, 0.25) is 5.02 Å². The molecule has 0 radical (unpaired) electrons. The summed E-state index contributed by atoms with van der Waals surface area (Å²) in [5.74, 6) is 0.118. The van der Waals surface area contributed by atoms with Crippen LogP contribution in [0.4, 0.5) is 5.69 Å². The molecule has 1 aromatic rings. The van der Waals surface area contributed by atoms with Crippen molar-refractivity contribution >= 4 is 33.2 Å². The maximum absolute atomic E-state index is 13.0. The van der Waals surface area contributed by atoms with E-state index in [0.29, 0.717) is 38.5 Å². The molecule has 1 fully saturated rings. The Morgan fingerprint density at radius 1 is 1.35 bits per heavy atom. The lowest BCUT2D eigenvalue weighted by molar-refractivity contribution is -0.385. The number of hydrogen-bond acceptors (Lipinski definition) is 6. The fourth-order valence-corrected chi connectivity index (χ4v) is 5.13. The monoisotopic (exact) mass is 475 g/mol. The molecule has 1 heterocycles. The summed E-state index contributed by atoms with van der Waals surface area (Å²) in [4.78, 5) is 22.7. The molecule has 1 aromatic carbocycles. The Kier molecular flexibility index (Phi) is 9.23. The van der Waals surface area contributed by atoms with Crippen molar-refractivity contribution in [3.8, 4) is 0 Å². The summed E-state index contributed by atoms with van der Waals surface area (Å²) in [6.45, 7) is 7.73. The van der Waals surface area contributed by atoms with Crippen LogP contribution >= 0.6 is 11.6 Å². The quantitative estimate of drug-likeness (QED) is 0.315. The molecule has 0 unspecified atom stereocenters. The van der Waals surface area contributed by atoms with Crippen molar-refractivity contribution in [2.75, 3.05) is 32.8 Å². The van der Waals surface area contributed by atoms with Gasteiger partial charge in [0.25, 0.3) is 5.69 Å². The molecule has 0 atom stereocenters. The van der Waals surface area contributed by atoms with Gasteiger partial charge in [-0.2, -0.15) is 4.31 Å². The first-order chi connectivity index (χ1) is 14.5. The summed E-state index contributed by atoms with van der Waals surface area (Å²) >= 11 is 6.02. The van der Waals surface area contributed by atoms with Crippen molar-refractivity contribution in [3.05, 3.63) is 32.8 Å². The Morgan fingerprint density at radius 2 is 2.00 bits per heavy atom. The number of amides is 1. The van der Waals surface area contributed by atoms with Crippen molar-refractivity contribution in [1.29, 1.82) is 0 Å². The third-order valence-electron chi connectivity index (χ3n) is 5.17. The Morgan fingerprint density at radius 3 is 2.58 bits per heavy atom. The molecule has 31 heavy (non-hydrogen) atoms. The number of sulfonamides is 1. The number of carbonyl (C=O) groups is 1. The number of carbonyl (C=O) groups excluding carboxylic acids is 1. The van der Waals surface area contributed by atoms with Crippen LogP contribution in [0.15, 0.2) is 17.0 Å². The minimum atomic E-state index is -3.94. The highest BCUT2D eigenvalue weighted by molar-refractivity contribution is 7.89. The predicted octanol–water partition coefficient (Wildman–Crippen LogP) is 3.14. The summed E-state index contributed by atoms with van der Waals surface area (Å²) in [5, 5.41) is 14.1. The highest BCUT2D eigenvalue weighted by Crippen LogP contribution is 2.32. The van der Waals surface area contributed by atoms with E-state index in [1.165, 1.54) is 17.3 Å². The van der Waals surface area contributed by atoms with Gasteiger partial charge in [-0.05, 0) is 38.2 Å². The average Bonchev–Trinajstić information content (AvgIpc) is 2.71. The molecule has 1 aliphatic heterocycles. The van der Waals surface area contributed by atoms with Gasteiger partial charge in [-0.15, -0.1) is 0 Å². The number of nitrogens with zero attached hydrogens (tertiary/aromatic N) is 2. The number of piperidine rings is 1. The van der Waals surface area contributed by atoms with Crippen molar-refractivity contribution in [3.63, 3.8) is 0 Å². The van der Waals surface area contributed by atoms with E-state index in [2.05, 4.69) is 19.2 Å². The Labute approximate surface area is 188 Å². The molecule has 0 spiro atoms. The molecule has 1 saturated heterocycles. The van der Waals surface area contributed by atoms with E-state index >= 15 is 0 Å². The number of benzene rings is 1. The minimum absolute atomic E-state index is 0.0272. The minimum Gasteiger partial charge on any atom is -0.381 e. The lowest BCUT2D eigenvalue weighted by atomic mass is 9.97. The third-order valence-corrected chi connectivity index (χ3v) is 7.43. The second-order valence-corrected chi connectivity index (χ2v) is 10.4. The molecule has 0 bridgehead atoms. The van der Waals surface area contributed by atoms with E-state index < -0.39 is 14.9 Å². The largest absolute Gasteiger partial charge is 0.381 e. The van der Waals surface area contributed by atoms with Crippen LogP contribution in [0.25, 0.3) is 0 Å². The number of ether oxygens (including phenoxy) is 1. The number of nitro benzene ring substituents is 1. The van der Waals surface area contributed by atoms with Gasteiger partial charge in [-0.25, -0.2) is 8.42 Å². The molecular formula is C20H30ClN3O6S. The van der Waals surface area contributed by atoms with E-state index in [9.17, 15) is 23.3 Å². The first kappa shape index (κ1) is 25.5. The second kappa shape index (κ2) is 11.2. The summed E-state index contributed by atoms with van der Waals surface area (Å²) in [7, 11) is -3.94. The number of nitro groups is 1. The van der Waals surface area contributed by atoms with E-state index in [-0.39, 0.29) is 46.1 Å². The van der Waals surface area contributed by atoms with Crippen molar-refractivity contribution in [2.24, 2.45) is 11.8 Å². The second-order valence-electron chi connectivity index (χ2n) is 8.10. The van der Waals surface area contributed by atoms with Gasteiger partial charge in [0.05, 0.1) is 14.8 Å². The smallest absolute Gasteiger partial charge is 0.275 e. The molecule has 1 aliphatic rings. The van der Waals surface area contributed by atoms with Gasteiger partial charge in [-0.1, -0.05) is 25.4 Å². The normalized spacial score (nSPS) is 15.9. The molecule has 2 rings (SSSR count). The topological polar surface area (TPSA) is 119 Å². The maximum atomic E-state index is 13.0. The summed E-state index contributed by atoms with van der Waals surface area (Å²) in [5.41, 5.74) is -0.117. The number of rotatable bonds is 10.